The van der Waals surface area contributed by atoms with Crippen molar-refractivity contribution in [2.75, 3.05) is 5.32 Å². The highest BCUT2D eigenvalue weighted by molar-refractivity contribution is 8.00. The number of unbranched alkanes of at least 4 members (excludes halogenated alkanes) is 3. The molecule has 0 fully saturated rings. The van der Waals surface area contributed by atoms with Gasteiger partial charge in [0, 0.05) is 6.20 Å². The number of fused-ring (bicyclic) bond motifs is 1. The van der Waals surface area contributed by atoms with Crippen molar-refractivity contribution in [1.29, 1.82) is 0 Å². The van der Waals surface area contributed by atoms with Crippen molar-refractivity contribution in [2.45, 2.75) is 56.2 Å². The van der Waals surface area contributed by atoms with Gasteiger partial charge in [-0.25, -0.2) is 19.6 Å². The zero-order valence-corrected chi connectivity index (χ0v) is 20.8. The summed E-state index contributed by atoms with van der Waals surface area (Å²) in [5, 5.41) is 9.24. The molecule has 1 N–H and O–H groups in total. The van der Waals surface area contributed by atoms with Gasteiger partial charge in [0.15, 0.2) is 5.65 Å². The molecule has 0 saturated heterocycles. The van der Waals surface area contributed by atoms with Gasteiger partial charge in [-0.15, -0.1) is 0 Å². The Morgan fingerprint density at radius 2 is 1.94 bits per heavy atom. The predicted molar refractivity (Wildman–Crippen MR) is 138 cm³/mol. The van der Waals surface area contributed by atoms with Crippen LogP contribution in [0.5, 0.6) is 0 Å². The predicted octanol–water partition coefficient (Wildman–Crippen LogP) is 6.24. The summed E-state index contributed by atoms with van der Waals surface area (Å²) in [4.78, 5) is 26.5. The van der Waals surface area contributed by atoms with Gasteiger partial charge in [-0.3, -0.25) is 4.79 Å². The van der Waals surface area contributed by atoms with E-state index < -0.39 is 0 Å². The van der Waals surface area contributed by atoms with Gasteiger partial charge in [-0.1, -0.05) is 74.2 Å². The van der Waals surface area contributed by atoms with Crippen molar-refractivity contribution in [3.63, 3.8) is 0 Å². The van der Waals surface area contributed by atoms with Crippen molar-refractivity contribution < 1.29 is 4.79 Å². The molecule has 0 bridgehead atoms. The van der Waals surface area contributed by atoms with Crippen LogP contribution in [0.1, 0.15) is 44.6 Å². The summed E-state index contributed by atoms with van der Waals surface area (Å²) in [7, 11) is 0. The Kier molecular flexibility index (Phi) is 8.13. The van der Waals surface area contributed by atoms with Gasteiger partial charge in [-0.05, 0) is 37.1 Å². The fourth-order valence-corrected chi connectivity index (χ4v) is 4.91. The fraction of sp³-hybridized carbons (Fsp3) is 0.320. The minimum atomic E-state index is -0.318. The average Bonchev–Trinajstić information content (AvgIpc) is 3.27. The lowest BCUT2D eigenvalue weighted by Gasteiger charge is -2.16. The standard InChI is InChI=1S/C25H27ClN6OS/c1-3-4-5-6-11-21(24(33)31-22-13-12-17(2)14-27-22)34-25-18-15-30-32(23(18)28-16-29-25)20-10-8-7-9-19(20)26/h7-10,12-16,21H,3-6,11H2,1-2H3,(H,27,31,33). The van der Waals surface area contributed by atoms with Crippen LogP contribution in [0.25, 0.3) is 16.7 Å². The molecule has 0 radical (unpaired) electrons. The minimum Gasteiger partial charge on any atom is -0.310 e. The lowest BCUT2D eigenvalue weighted by Crippen LogP contribution is -2.26. The number of aryl methyl sites for hydroxylation is 1. The van der Waals surface area contributed by atoms with Crippen LogP contribution in [-0.2, 0) is 4.79 Å². The number of benzene rings is 1. The first-order chi connectivity index (χ1) is 16.6. The number of para-hydroxylation sites is 1. The van der Waals surface area contributed by atoms with Crippen molar-refractivity contribution in [1.82, 2.24) is 24.7 Å². The number of carbonyl (C=O) groups is 1. The number of hydrogen-bond acceptors (Lipinski definition) is 6. The Bertz CT molecular complexity index is 1260. The van der Waals surface area contributed by atoms with Crippen LogP contribution in [0.2, 0.25) is 5.02 Å². The first-order valence-electron chi connectivity index (χ1n) is 11.4. The number of anilines is 1. The largest absolute Gasteiger partial charge is 0.310 e. The number of thioether (sulfide) groups is 1. The zero-order valence-electron chi connectivity index (χ0n) is 19.2. The zero-order chi connectivity index (χ0) is 23.9. The Morgan fingerprint density at radius 1 is 1.09 bits per heavy atom. The second-order valence-electron chi connectivity index (χ2n) is 8.09. The Balaban J connectivity index is 1.59. The minimum absolute atomic E-state index is 0.0805. The molecule has 0 aliphatic heterocycles. The summed E-state index contributed by atoms with van der Waals surface area (Å²) in [5.74, 6) is 0.470. The molecule has 0 aliphatic carbocycles. The molecule has 0 aliphatic rings. The molecule has 9 heteroatoms. The van der Waals surface area contributed by atoms with Gasteiger partial charge in [0.2, 0.25) is 5.91 Å². The maximum atomic E-state index is 13.2. The Hall–Kier alpha value is -2.97. The highest BCUT2D eigenvalue weighted by Gasteiger charge is 2.23. The summed E-state index contributed by atoms with van der Waals surface area (Å²) in [6, 6.07) is 11.2. The topological polar surface area (TPSA) is 85.6 Å². The lowest BCUT2D eigenvalue weighted by molar-refractivity contribution is -0.115. The molecule has 0 saturated carbocycles. The maximum absolute atomic E-state index is 13.2. The van der Waals surface area contributed by atoms with Crippen molar-refractivity contribution in [3.8, 4) is 5.69 Å². The van der Waals surface area contributed by atoms with E-state index in [1.165, 1.54) is 18.1 Å². The molecule has 1 unspecified atom stereocenters. The normalized spacial score (nSPS) is 12.1. The number of aromatic nitrogens is 5. The van der Waals surface area contributed by atoms with Crippen LogP contribution in [0.4, 0.5) is 5.82 Å². The van der Waals surface area contributed by atoms with E-state index in [4.69, 9.17) is 11.6 Å². The van der Waals surface area contributed by atoms with Gasteiger partial charge >= 0.3 is 0 Å². The molecule has 3 heterocycles. The third kappa shape index (κ3) is 5.74. The number of halogens is 1. The van der Waals surface area contributed by atoms with Crippen LogP contribution in [0, 0.1) is 6.92 Å². The van der Waals surface area contributed by atoms with Crippen LogP contribution < -0.4 is 5.32 Å². The van der Waals surface area contributed by atoms with Crippen molar-refractivity contribution >= 4 is 46.1 Å². The Labute approximate surface area is 208 Å². The molecule has 4 aromatic rings. The van der Waals surface area contributed by atoms with Crippen LogP contribution in [0.15, 0.2) is 60.1 Å². The van der Waals surface area contributed by atoms with Crippen LogP contribution >= 0.6 is 23.4 Å². The molecule has 1 amide bonds. The fourth-order valence-electron chi connectivity index (χ4n) is 3.60. The van der Waals surface area contributed by atoms with Crippen molar-refractivity contribution in [2.24, 2.45) is 0 Å². The highest BCUT2D eigenvalue weighted by Crippen LogP contribution is 2.32. The van der Waals surface area contributed by atoms with Gasteiger partial charge in [0.05, 0.1) is 27.5 Å². The van der Waals surface area contributed by atoms with E-state index in [2.05, 4.69) is 32.3 Å². The number of amides is 1. The molecule has 34 heavy (non-hydrogen) atoms. The number of pyridine rings is 1. The van der Waals surface area contributed by atoms with Gasteiger partial charge in [0.25, 0.3) is 0 Å². The summed E-state index contributed by atoms with van der Waals surface area (Å²) < 4.78 is 1.70. The first-order valence-corrected chi connectivity index (χ1v) is 12.7. The summed E-state index contributed by atoms with van der Waals surface area (Å²) in [6.45, 7) is 4.14. The number of nitrogens with zero attached hydrogens (tertiary/aromatic N) is 5. The highest BCUT2D eigenvalue weighted by atomic mass is 35.5. The maximum Gasteiger partial charge on any atom is 0.239 e. The number of nitrogens with one attached hydrogen (secondary N) is 1. The average molecular weight is 495 g/mol. The van der Waals surface area contributed by atoms with E-state index in [-0.39, 0.29) is 11.2 Å². The molecule has 1 atom stereocenters. The number of rotatable bonds is 10. The van der Waals surface area contributed by atoms with Gasteiger partial charge in [-0.2, -0.15) is 5.10 Å². The summed E-state index contributed by atoms with van der Waals surface area (Å²) in [6.07, 6.45) is 10.1. The van der Waals surface area contributed by atoms with Crippen LogP contribution in [-0.4, -0.2) is 35.9 Å². The van der Waals surface area contributed by atoms with Crippen LogP contribution in [0.3, 0.4) is 0 Å². The quantitative estimate of drug-likeness (QED) is 0.159. The Morgan fingerprint density at radius 3 is 2.71 bits per heavy atom. The molecule has 4 rings (SSSR count). The van der Waals surface area contributed by atoms with Gasteiger partial charge in [0.1, 0.15) is 17.2 Å². The third-order valence-electron chi connectivity index (χ3n) is 5.44. The molecule has 7 nitrogen and oxygen atoms in total. The van der Waals surface area contributed by atoms with E-state index >= 15 is 0 Å². The van der Waals surface area contributed by atoms with E-state index in [1.807, 2.05) is 43.3 Å². The molecule has 0 spiro atoms. The lowest BCUT2D eigenvalue weighted by atomic mass is 10.1. The summed E-state index contributed by atoms with van der Waals surface area (Å²) >= 11 is 7.83. The van der Waals surface area contributed by atoms with Crippen molar-refractivity contribution in [3.05, 3.63) is 65.7 Å². The molecular formula is C25H27ClN6OS. The summed E-state index contributed by atoms with van der Waals surface area (Å²) in [5.41, 5.74) is 2.44. The second-order valence-corrected chi connectivity index (χ2v) is 9.69. The number of carbonyl (C=O) groups excluding carboxylic acids is 1. The number of hydrogen-bond donors (Lipinski definition) is 1. The second kappa shape index (κ2) is 11.4. The smallest absolute Gasteiger partial charge is 0.239 e. The molecule has 176 valence electrons. The van der Waals surface area contributed by atoms with E-state index in [9.17, 15) is 4.79 Å². The SMILES string of the molecule is CCCCCCC(Sc1ncnc2c1cnn2-c1ccccc1Cl)C(=O)Nc1ccc(C)cn1. The molecular weight excluding hydrogens is 468 g/mol. The first kappa shape index (κ1) is 24.2. The van der Waals surface area contributed by atoms with E-state index in [1.54, 1.807) is 17.1 Å². The van der Waals surface area contributed by atoms with E-state index in [0.717, 1.165) is 53.8 Å². The van der Waals surface area contributed by atoms with Gasteiger partial charge < -0.3 is 5.32 Å². The molecule has 1 aromatic carbocycles. The molecule has 3 aromatic heterocycles. The third-order valence-corrected chi connectivity index (χ3v) is 7.04. The monoisotopic (exact) mass is 494 g/mol. The van der Waals surface area contributed by atoms with E-state index in [0.29, 0.717) is 16.5 Å².